The molecule has 0 atom stereocenters. The Morgan fingerprint density at radius 3 is 2.86 bits per heavy atom. The number of hydrogen-bond acceptors (Lipinski definition) is 4. The van der Waals surface area contributed by atoms with Crippen LogP contribution in [0.1, 0.15) is 10.5 Å². The van der Waals surface area contributed by atoms with E-state index >= 15 is 0 Å². The number of nitrogens with zero attached hydrogens (tertiary/aromatic N) is 4. The van der Waals surface area contributed by atoms with Crippen molar-refractivity contribution in [1.29, 1.82) is 0 Å². The molecule has 0 saturated carbocycles. The molecule has 6 nitrogen and oxygen atoms in total. The Morgan fingerprint density at radius 1 is 1.36 bits per heavy atom. The first-order chi connectivity index (χ1) is 6.79. The van der Waals surface area contributed by atoms with E-state index in [4.69, 9.17) is 5.73 Å². The molecule has 2 heterocycles. The lowest BCUT2D eigenvalue weighted by atomic mass is 10.4. The molecule has 0 aromatic carbocycles. The van der Waals surface area contributed by atoms with Gasteiger partial charge >= 0.3 is 0 Å². The molecule has 0 aliphatic heterocycles. The van der Waals surface area contributed by atoms with Crippen molar-refractivity contribution in [2.75, 3.05) is 0 Å². The van der Waals surface area contributed by atoms with Gasteiger partial charge in [-0.05, 0) is 18.2 Å². The zero-order valence-corrected chi connectivity index (χ0v) is 7.16. The Morgan fingerprint density at radius 2 is 2.21 bits per heavy atom. The van der Waals surface area contributed by atoms with E-state index in [2.05, 4.69) is 15.3 Å². The summed E-state index contributed by atoms with van der Waals surface area (Å²) < 4.78 is 1.34. The SMILES string of the molecule is NC(=O)c1ccnn1-c1cccnn1. The van der Waals surface area contributed by atoms with Crippen LogP contribution in [0.4, 0.5) is 0 Å². The quantitative estimate of drug-likeness (QED) is 0.706. The first kappa shape index (κ1) is 8.36. The van der Waals surface area contributed by atoms with Crippen molar-refractivity contribution in [3.8, 4) is 5.82 Å². The molecular weight excluding hydrogens is 182 g/mol. The van der Waals surface area contributed by atoms with E-state index in [1.165, 1.54) is 23.1 Å². The zero-order chi connectivity index (χ0) is 9.97. The number of primary amides is 1. The van der Waals surface area contributed by atoms with Crippen LogP contribution in [-0.2, 0) is 0 Å². The van der Waals surface area contributed by atoms with E-state index in [9.17, 15) is 4.79 Å². The van der Waals surface area contributed by atoms with E-state index < -0.39 is 5.91 Å². The molecular formula is C8H7N5O. The summed E-state index contributed by atoms with van der Waals surface area (Å²) in [6, 6.07) is 4.91. The summed E-state index contributed by atoms with van der Waals surface area (Å²) in [6.45, 7) is 0. The Kier molecular flexibility index (Phi) is 1.94. The minimum atomic E-state index is -0.548. The van der Waals surface area contributed by atoms with Crippen LogP contribution in [0.2, 0.25) is 0 Å². The molecule has 2 aromatic heterocycles. The van der Waals surface area contributed by atoms with Crippen molar-refractivity contribution in [3.63, 3.8) is 0 Å². The molecule has 2 aromatic rings. The number of nitrogens with two attached hydrogens (primary N) is 1. The maximum Gasteiger partial charge on any atom is 0.267 e. The van der Waals surface area contributed by atoms with Crippen molar-refractivity contribution in [3.05, 3.63) is 36.3 Å². The largest absolute Gasteiger partial charge is 0.364 e. The second kappa shape index (κ2) is 3.25. The first-order valence-electron chi connectivity index (χ1n) is 3.91. The number of hydrogen-bond donors (Lipinski definition) is 1. The fourth-order valence-electron chi connectivity index (χ4n) is 1.08. The number of aromatic nitrogens is 4. The summed E-state index contributed by atoms with van der Waals surface area (Å²) in [7, 11) is 0. The molecule has 14 heavy (non-hydrogen) atoms. The van der Waals surface area contributed by atoms with Gasteiger partial charge in [0.25, 0.3) is 5.91 Å². The van der Waals surface area contributed by atoms with E-state index in [0.717, 1.165) is 0 Å². The zero-order valence-electron chi connectivity index (χ0n) is 7.16. The predicted octanol–water partition coefficient (Wildman–Crippen LogP) is -0.239. The second-order valence-corrected chi connectivity index (χ2v) is 2.57. The molecule has 0 aliphatic carbocycles. The number of amides is 1. The van der Waals surface area contributed by atoms with Gasteiger partial charge in [0.1, 0.15) is 5.69 Å². The molecule has 0 radical (unpaired) electrons. The Hall–Kier alpha value is -2.24. The fraction of sp³-hybridized carbons (Fsp3) is 0. The lowest BCUT2D eigenvalue weighted by molar-refractivity contribution is 0.0992. The highest BCUT2D eigenvalue weighted by Gasteiger charge is 2.10. The van der Waals surface area contributed by atoms with Gasteiger partial charge in [0.05, 0.1) is 6.20 Å². The molecule has 2 N–H and O–H groups in total. The Balaban J connectivity index is 2.52. The normalized spacial score (nSPS) is 10.0. The summed E-state index contributed by atoms with van der Waals surface area (Å²) >= 11 is 0. The average molecular weight is 189 g/mol. The van der Waals surface area contributed by atoms with Crippen molar-refractivity contribution in [2.24, 2.45) is 5.73 Å². The highest BCUT2D eigenvalue weighted by atomic mass is 16.1. The van der Waals surface area contributed by atoms with Crippen LogP contribution in [0.3, 0.4) is 0 Å². The van der Waals surface area contributed by atoms with Gasteiger partial charge in [-0.1, -0.05) is 0 Å². The Labute approximate surface area is 79.4 Å². The molecule has 0 fully saturated rings. The van der Waals surface area contributed by atoms with Crippen LogP contribution in [-0.4, -0.2) is 25.9 Å². The fourth-order valence-corrected chi connectivity index (χ4v) is 1.08. The van der Waals surface area contributed by atoms with E-state index in [-0.39, 0.29) is 5.69 Å². The highest BCUT2D eigenvalue weighted by molar-refractivity contribution is 5.91. The summed E-state index contributed by atoms with van der Waals surface area (Å²) in [5.41, 5.74) is 5.43. The standard InChI is InChI=1S/C8H7N5O/c9-8(14)6-3-5-11-13(6)7-2-1-4-10-12-7/h1-5H,(H2,9,14). The van der Waals surface area contributed by atoms with Crippen LogP contribution in [0.15, 0.2) is 30.6 Å². The monoisotopic (exact) mass is 189 g/mol. The molecule has 0 spiro atoms. The van der Waals surface area contributed by atoms with Crippen LogP contribution < -0.4 is 5.73 Å². The molecule has 70 valence electrons. The Bertz CT molecular complexity index is 450. The lowest BCUT2D eigenvalue weighted by Gasteiger charge is -2.01. The summed E-state index contributed by atoms with van der Waals surface area (Å²) in [5, 5.41) is 11.4. The smallest absolute Gasteiger partial charge is 0.267 e. The second-order valence-electron chi connectivity index (χ2n) is 2.57. The average Bonchev–Trinajstić information content (AvgIpc) is 2.67. The summed E-state index contributed by atoms with van der Waals surface area (Å²) in [6.07, 6.45) is 3.02. The third kappa shape index (κ3) is 1.33. The topological polar surface area (TPSA) is 86.7 Å². The van der Waals surface area contributed by atoms with Crippen molar-refractivity contribution >= 4 is 5.91 Å². The molecule has 0 aliphatic rings. The van der Waals surface area contributed by atoms with E-state index in [1.54, 1.807) is 12.1 Å². The maximum absolute atomic E-state index is 11.0. The summed E-state index contributed by atoms with van der Waals surface area (Å²) in [4.78, 5) is 11.0. The van der Waals surface area contributed by atoms with E-state index in [0.29, 0.717) is 5.82 Å². The molecule has 6 heteroatoms. The van der Waals surface area contributed by atoms with Gasteiger partial charge in [-0.15, -0.1) is 5.10 Å². The minimum Gasteiger partial charge on any atom is -0.364 e. The van der Waals surface area contributed by atoms with Crippen LogP contribution in [0.5, 0.6) is 0 Å². The van der Waals surface area contributed by atoms with Crippen molar-refractivity contribution < 1.29 is 4.79 Å². The lowest BCUT2D eigenvalue weighted by Crippen LogP contribution is -2.17. The molecule has 2 rings (SSSR count). The maximum atomic E-state index is 11.0. The van der Waals surface area contributed by atoms with Gasteiger partial charge in [0.2, 0.25) is 0 Å². The number of carbonyl (C=O) groups excluding carboxylic acids is 1. The van der Waals surface area contributed by atoms with Crippen molar-refractivity contribution in [2.45, 2.75) is 0 Å². The molecule has 0 bridgehead atoms. The van der Waals surface area contributed by atoms with Gasteiger partial charge in [-0.2, -0.15) is 10.2 Å². The molecule has 0 saturated heterocycles. The van der Waals surface area contributed by atoms with Gasteiger partial charge in [0.15, 0.2) is 5.82 Å². The van der Waals surface area contributed by atoms with Gasteiger partial charge in [-0.25, -0.2) is 4.68 Å². The van der Waals surface area contributed by atoms with Gasteiger partial charge < -0.3 is 5.73 Å². The van der Waals surface area contributed by atoms with Crippen molar-refractivity contribution in [1.82, 2.24) is 20.0 Å². The minimum absolute atomic E-state index is 0.283. The predicted molar refractivity (Wildman–Crippen MR) is 47.7 cm³/mol. The van der Waals surface area contributed by atoms with Crippen LogP contribution in [0.25, 0.3) is 5.82 Å². The third-order valence-electron chi connectivity index (χ3n) is 1.67. The number of carbonyl (C=O) groups is 1. The van der Waals surface area contributed by atoms with Gasteiger partial charge in [0, 0.05) is 6.20 Å². The highest BCUT2D eigenvalue weighted by Crippen LogP contribution is 2.04. The molecule has 1 amide bonds. The first-order valence-corrected chi connectivity index (χ1v) is 3.91. The van der Waals surface area contributed by atoms with Crippen LogP contribution >= 0.6 is 0 Å². The van der Waals surface area contributed by atoms with E-state index in [1.807, 2.05) is 0 Å². The van der Waals surface area contributed by atoms with Crippen LogP contribution in [0, 0.1) is 0 Å². The third-order valence-corrected chi connectivity index (χ3v) is 1.67. The molecule has 0 unspecified atom stereocenters. The number of rotatable bonds is 2. The van der Waals surface area contributed by atoms with Gasteiger partial charge in [-0.3, -0.25) is 4.79 Å². The summed E-state index contributed by atoms with van der Waals surface area (Å²) in [5.74, 6) is -0.0838.